The van der Waals surface area contributed by atoms with Crippen LogP contribution < -0.4 is 15.8 Å². The lowest BCUT2D eigenvalue weighted by atomic mass is 10.0. The van der Waals surface area contributed by atoms with Crippen molar-refractivity contribution in [3.63, 3.8) is 0 Å². The number of nitrogen functional groups attached to an aromatic ring is 1. The number of nitrogens with zero attached hydrogens (tertiary/aromatic N) is 2. The molecule has 1 aromatic heterocycles. The monoisotopic (exact) mass is 548 g/mol. The quantitative estimate of drug-likeness (QED) is 0.335. The molecule has 2 heterocycles. The third-order valence-corrected chi connectivity index (χ3v) is 6.25. The number of amides is 1. The summed E-state index contributed by atoms with van der Waals surface area (Å²) in [6.45, 7) is 12.7. The number of rotatable bonds is 5. The van der Waals surface area contributed by atoms with Crippen LogP contribution in [0.3, 0.4) is 0 Å². The summed E-state index contributed by atoms with van der Waals surface area (Å²) in [4.78, 5) is 18.7. The molecule has 0 radical (unpaired) electrons. The fourth-order valence-electron chi connectivity index (χ4n) is 3.73. The molecule has 3 N–H and O–H groups in total. The highest BCUT2D eigenvalue weighted by Crippen LogP contribution is 2.37. The van der Waals surface area contributed by atoms with Gasteiger partial charge in [-0.3, -0.25) is 4.79 Å². The number of anilines is 1. The Morgan fingerprint density at radius 2 is 1.68 bits per heavy atom. The highest BCUT2D eigenvalue weighted by molar-refractivity contribution is 6.36. The summed E-state index contributed by atoms with van der Waals surface area (Å²) in [6.07, 6.45) is 0.960. The number of ether oxygens (including phenoxy) is 1. The smallest absolute Gasteiger partial charge is 0.253 e. The highest BCUT2D eigenvalue weighted by Gasteiger charge is 2.21. The molecular formula is C28H35Cl2FN4O2. The van der Waals surface area contributed by atoms with Crippen LogP contribution in [0.5, 0.6) is 5.75 Å². The number of benzene rings is 2. The highest BCUT2D eigenvalue weighted by atomic mass is 35.5. The second-order valence-corrected chi connectivity index (χ2v) is 8.53. The van der Waals surface area contributed by atoms with Gasteiger partial charge in [-0.15, -0.1) is 0 Å². The van der Waals surface area contributed by atoms with E-state index in [9.17, 15) is 9.18 Å². The van der Waals surface area contributed by atoms with Gasteiger partial charge in [0.1, 0.15) is 11.9 Å². The molecule has 6 nitrogen and oxygen atoms in total. The standard InChI is InChI=1S/C24H23Cl2FN4O2.2C2H6/c1-14(21-18(25)6-7-19(27)22(21)26)33-20-12-17(13-30-23(20)28)15-2-4-16(5-3-15)24(32)31-10-8-29-9-11-31;2*1-2/h2-7,12-14,29H,8-11H2,1H3,(H2,28,30);2*1-2H3. The SMILES string of the molecule is CC.CC.CC(Oc1cc(-c2ccc(C(=O)N3CCNCC3)cc2)cnc1N)c1c(Cl)ccc(F)c1Cl. The Bertz CT molecular complexity index is 1170. The molecular weight excluding hydrogens is 514 g/mol. The van der Waals surface area contributed by atoms with Gasteiger partial charge in [0, 0.05) is 54.1 Å². The van der Waals surface area contributed by atoms with Crippen molar-refractivity contribution in [2.75, 3.05) is 31.9 Å². The third-order valence-electron chi connectivity index (χ3n) is 5.54. The average molecular weight is 550 g/mol. The predicted molar refractivity (Wildman–Crippen MR) is 151 cm³/mol. The van der Waals surface area contributed by atoms with Crippen LogP contribution in [0.25, 0.3) is 11.1 Å². The number of nitrogens with two attached hydrogens (primary N) is 1. The van der Waals surface area contributed by atoms with E-state index in [1.54, 1.807) is 31.3 Å². The Morgan fingerprint density at radius 3 is 2.30 bits per heavy atom. The van der Waals surface area contributed by atoms with Gasteiger partial charge in [0.15, 0.2) is 11.6 Å². The number of piperazine rings is 1. The summed E-state index contributed by atoms with van der Waals surface area (Å²) in [5.74, 6) is -0.0703. The van der Waals surface area contributed by atoms with Crippen LogP contribution in [-0.4, -0.2) is 42.0 Å². The molecule has 1 unspecified atom stereocenters. The van der Waals surface area contributed by atoms with Gasteiger partial charge in [-0.25, -0.2) is 9.37 Å². The molecule has 0 bridgehead atoms. The van der Waals surface area contributed by atoms with Crippen LogP contribution in [0, 0.1) is 5.82 Å². The molecule has 37 heavy (non-hydrogen) atoms. The van der Waals surface area contributed by atoms with Gasteiger partial charge in [-0.05, 0) is 42.8 Å². The first kappa shape index (κ1) is 30.4. The van der Waals surface area contributed by atoms with E-state index in [4.69, 9.17) is 33.7 Å². The van der Waals surface area contributed by atoms with Gasteiger partial charge in [-0.1, -0.05) is 63.0 Å². The number of pyridine rings is 1. The fraction of sp³-hybridized carbons (Fsp3) is 0.357. The number of hydrogen-bond acceptors (Lipinski definition) is 5. The Kier molecular flexibility index (Phi) is 12.1. The summed E-state index contributed by atoms with van der Waals surface area (Å²) in [5, 5.41) is 3.44. The molecule has 1 aliphatic rings. The average Bonchev–Trinajstić information content (AvgIpc) is 2.94. The molecule has 0 aliphatic carbocycles. The van der Waals surface area contributed by atoms with E-state index >= 15 is 0 Å². The first-order valence-corrected chi connectivity index (χ1v) is 13.3. The summed E-state index contributed by atoms with van der Waals surface area (Å²) in [6, 6.07) is 11.7. The first-order valence-electron chi connectivity index (χ1n) is 12.5. The zero-order valence-electron chi connectivity index (χ0n) is 21.9. The van der Waals surface area contributed by atoms with Crippen LogP contribution in [0.1, 0.15) is 56.6 Å². The minimum atomic E-state index is -0.668. The van der Waals surface area contributed by atoms with Crippen molar-refractivity contribution in [3.05, 3.63) is 75.7 Å². The van der Waals surface area contributed by atoms with Gasteiger partial charge >= 0.3 is 0 Å². The number of carbonyl (C=O) groups is 1. The molecule has 0 spiro atoms. The molecule has 1 atom stereocenters. The lowest BCUT2D eigenvalue weighted by Gasteiger charge is -2.27. The van der Waals surface area contributed by atoms with E-state index in [-0.39, 0.29) is 16.7 Å². The Hall–Kier alpha value is -2.87. The molecule has 200 valence electrons. The topological polar surface area (TPSA) is 80.5 Å². The molecule has 0 saturated carbocycles. The van der Waals surface area contributed by atoms with E-state index in [2.05, 4.69) is 10.3 Å². The number of halogens is 3. The van der Waals surface area contributed by atoms with Crippen LogP contribution in [-0.2, 0) is 0 Å². The van der Waals surface area contributed by atoms with Crippen molar-refractivity contribution in [2.45, 2.75) is 40.7 Å². The van der Waals surface area contributed by atoms with Crippen LogP contribution in [0.4, 0.5) is 10.2 Å². The van der Waals surface area contributed by atoms with Crippen molar-refractivity contribution in [1.82, 2.24) is 15.2 Å². The lowest BCUT2D eigenvalue weighted by molar-refractivity contribution is 0.0736. The van der Waals surface area contributed by atoms with Crippen molar-refractivity contribution in [2.24, 2.45) is 0 Å². The molecule has 1 fully saturated rings. The van der Waals surface area contributed by atoms with E-state index in [0.717, 1.165) is 24.2 Å². The van der Waals surface area contributed by atoms with E-state index in [1.807, 2.05) is 44.7 Å². The van der Waals surface area contributed by atoms with Gasteiger partial charge < -0.3 is 20.7 Å². The Morgan fingerprint density at radius 1 is 1.05 bits per heavy atom. The number of aromatic nitrogens is 1. The molecule has 1 saturated heterocycles. The minimum absolute atomic E-state index is 0.0141. The normalized spacial score (nSPS) is 13.5. The maximum Gasteiger partial charge on any atom is 0.253 e. The molecule has 9 heteroatoms. The molecule has 2 aromatic carbocycles. The summed E-state index contributed by atoms with van der Waals surface area (Å²) < 4.78 is 19.9. The second-order valence-electron chi connectivity index (χ2n) is 7.74. The van der Waals surface area contributed by atoms with Crippen molar-refractivity contribution < 1.29 is 13.9 Å². The van der Waals surface area contributed by atoms with E-state index in [1.165, 1.54) is 12.1 Å². The first-order chi connectivity index (χ1) is 17.8. The van der Waals surface area contributed by atoms with Gasteiger partial charge in [0.25, 0.3) is 5.91 Å². The second kappa shape index (κ2) is 14.8. The Labute approximate surface area is 228 Å². The third kappa shape index (κ3) is 7.57. The molecule has 1 amide bonds. The van der Waals surface area contributed by atoms with Gasteiger partial charge in [0.05, 0.1) is 5.02 Å². The zero-order chi connectivity index (χ0) is 27.5. The molecule has 1 aliphatic heterocycles. The van der Waals surface area contributed by atoms with Crippen molar-refractivity contribution in [3.8, 4) is 16.9 Å². The summed E-state index contributed by atoms with van der Waals surface area (Å²) >= 11 is 12.3. The van der Waals surface area contributed by atoms with Crippen LogP contribution >= 0.6 is 23.2 Å². The maximum atomic E-state index is 13.9. The molecule has 4 rings (SSSR count). The lowest BCUT2D eigenvalue weighted by Crippen LogP contribution is -2.46. The summed E-state index contributed by atoms with van der Waals surface area (Å²) in [7, 11) is 0. The van der Waals surface area contributed by atoms with E-state index < -0.39 is 11.9 Å². The van der Waals surface area contributed by atoms with Crippen LogP contribution in [0.2, 0.25) is 10.0 Å². The Balaban J connectivity index is 0.00000115. The largest absolute Gasteiger partial charge is 0.482 e. The van der Waals surface area contributed by atoms with Crippen molar-refractivity contribution >= 4 is 34.9 Å². The number of nitrogens with one attached hydrogen (secondary N) is 1. The molecule has 3 aromatic rings. The van der Waals surface area contributed by atoms with Gasteiger partial charge in [-0.2, -0.15) is 0 Å². The predicted octanol–water partition coefficient (Wildman–Crippen LogP) is 7.01. The number of carbonyl (C=O) groups excluding carboxylic acids is 1. The zero-order valence-corrected chi connectivity index (χ0v) is 23.5. The number of hydrogen-bond donors (Lipinski definition) is 2. The maximum absolute atomic E-state index is 13.9. The minimum Gasteiger partial charge on any atom is -0.482 e. The van der Waals surface area contributed by atoms with Crippen molar-refractivity contribution in [1.29, 1.82) is 0 Å². The van der Waals surface area contributed by atoms with Crippen LogP contribution in [0.15, 0.2) is 48.7 Å². The van der Waals surface area contributed by atoms with Gasteiger partial charge in [0.2, 0.25) is 0 Å². The van der Waals surface area contributed by atoms with E-state index in [0.29, 0.717) is 35.0 Å². The summed E-state index contributed by atoms with van der Waals surface area (Å²) in [5.41, 5.74) is 8.58. The fourth-order valence-corrected chi connectivity index (χ4v) is 4.41.